The van der Waals surface area contributed by atoms with Crippen LogP contribution in [-0.2, 0) is 17.5 Å². The molecule has 1 amide bonds. The first-order valence-electron chi connectivity index (χ1n) is 7.12. The lowest BCUT2D eigenvalue weighted by atomic mass is 10.1. The standard InChI is InChI=1S/C15H21F3N4O/c1-4-19-14(21-10-13(23)22(2)3)20-9-11-5-7-12(8-6-11)15(16,17)18/h5-8H,4,9-10H2,1-3H3,(H2,19,20,21). The number of rotatable bonds is 5. The highest BCUT2D eigenvalue weighted by Gasteiger charge is 2.29. The summed E-state index contributed by atoms with van der Waals surface area (Å²) in [6.45, 7) is 2.79. The summed E-state index contributed by atoms with van der Waals surface area (Å²) < 4.78 is 37.5. The van der Waals surface area contributed by atoms with E-state index in [1.54, 1.807) is 14.1 Å². The lowest BCUT2D eigenvalue weighted by Gasteiger charge is -2.14. The van der Waals surface area contributed by atoms with Crippen molar-refractivity contribution in [2.24, 2.45) is 4.99 Å². The second-order valence-electron chi connectivity index (χ2n) is 5.03. The first-order valence-corrected chi connectivity index (χ1v) is 7.12. The number of hydrogen-bond acceptors (Lipinski definition) is 2. The Morgan fingerprint density at radius 2 is 1.78 bits per heavy atom. The van der Waals surface area contributed by atoms with Gasteiger partial charge >= 0.3 is 6.18 Å². The highest BCUT2D eigenvalue weighted by Crippen LogP contribution is 2.29. The predicted octanol–water partition coefficient (Wildman–Crippen LogP) is 1.85. The third-order valence-electron chi connectivity index (χ3n) is 2.95. The fraction of sp³-hybridized carbons (Fsp3) is 0.467. The quantitative estimate of drug-likeness (QED) is 0.640. The summed E-state index contributed by atoms with van der Waals surface area (Å²) in [5.41, 5.74) is -0.0408. The van der Waals surface area contributed by atoms with Gasteiger partial charge in [-0.3, -0.25) is 4.79 Å². The molecule has 8 heteroatoms. The molecule has 0 atom stereocenters. The minimum Gasteiger partial charge on any atom is -0.357 e. The molecule has 1 aromatic carbocycles. The van der Waals surface area contributed by atoms with E-state index >= 15 is 0 Å². The van der Waals surface area contributed by atoms with Gasteiger partial charge in [-0.25, -0.2) is 4.99 Å². The molecule has 2 N–H and O–H groups in total. The predicted molar refractivity (Wildman–Crippen MR) is 83.0 cm³/mol. The average molecular weight is 330 g/mol. The number of benzene rings is 1. The van der Waals surface area contributed by atoms with Crippen LogP contribution in [0.3, 0.4) is 0 Å². The van der Waals surface area contributed by atoms with Gasteiger partial charge in [-0.05, 0) is 24.6 Å². The van der Waals surface area contributed by atoms with Gasteiger partial charge in [0.2, 0.25) is 5.91 Å². The van der Waals surface area contributed by atoms with Crippen LogP contribution in [0, 0.1) is 0 Å². The van der Waals surface area contributed by atoms with Crippen LogP contribution in [0.1, 0.15) is 18.1 Å². The number of carbonyl (C=O) groups excluding carboxylic acids is 1. The number of hydrogen-bond donors (Lipinski definition) is 2. The largest absolute Gasteiger partial charge is 0.416 e. The molecule has 0 saturated carbocycles. The monoisotopic (exact) mass is 330 g/mol. The van der Waals surface area contributed by atoms with E-state index in [4.69, 9.17) is 0 Å². The molecule has 0 spiro atoms. The highest BCUT2D eigenvalue weighted by atomic mass is 19.4. The number of likely N-dealkylation sites (N-methyl/N-ethyl adjacent to an activating group) is 1. The van der Waals surface area contributed by atoms with E-state index in [-0.39, 0.29) is 19.0 Å². The van der Waals surface area contributed by atoms with Gasteiger partial charge < -0.3 is 15.5 Å². The smallest absolute Gasteiger partial charge is 0.357 e. The highest BCUT2D eigenvalue weighted by molar-refractivity contribution is 5.86. The van der Waals surface area contributed by atoms with Crippen molar-refractivity contribution in [2.75, 3.05) is 27.2 Å². The summed E-state index contributed by atoms with van der Waals surface area (Å²) in [6.07, 6.45) is -4.34. The Hall–Kier alpha value is -2.25. The van der Waals surface area contributed by atoms with Crippen LogP contribution >= 0.6 is 0 Å². The molecule has 0 radical (unpaired) electrons. The number of nitrogens with one attached hydrogen (secondary N) is 2. The summed E-state index contributed by atoms with van der Waals surface area (Å²) >= 11 is 0. The summed E-state index contributed by atoms with van der Waals surface area (Å²) in [5.74, 6) is 0.327. The van der Waals surface area contributed by atoms with Crippen LogP contribution in [0.2, 0.25) is 0 Å². The van der Waals surface area contributed by atoms with Gasteiger partial charge in [-0.15, -0.1) is 0 Å². The van der Waals surface area contributed by atoms with E-state index in [9.17, 15) is 18.0 Å². The fourth-order valence-electron chi connectivity index (χ4n) is 1.63. The number of carbonyl (C=O) groups is 1. The summed E-state index contributed by atoms with van der Waals surface area (Å²) in [6, 6.07) is 4.84. The van der Waals surface area contributed by atoms with E-state index in [1.165, 1.54) is 17.0 Å². The summed E-state index contributed by atoms with van der Waals surface area (Å²) in [7, 11) is 3.30. The molecular weight excluding hydrogens is 309 g/mol. The maximum absolute atomic E-state index is 12.5. The third kappa shape index (κ3) is 6.58. The molecule has 23 heavy (non-hydrogen) atoms. The number of nitrogens with zero attached hydrogens (tertiary/aromatic N) is 2. The minimum absolute atomic E-state index is 0.0891. The topological polar surface area (TPSA) is 56.7 Å². The molecular formula is C15H21F3N4O. The van der Waals surface area contributed by atoms with E-state index in [0.717, 1.165) is 12.1 Å². The number of halogens is 3. The summed E-state index contributed by atoms with van der Waals surface area (Å²) in [5, 5.41) is 5.85. The normalized spacial score (nSPS) is 12.0. The van der Waals surface area contributed by atoms with Crippen LogP contribution < -0.4 is 10.6 Å². The van der Waals surface area contributed by atoms with Crippen molar-refractivity contribution in [2.45, 2.75) is 19.6 Å². The molecule has 128 valence electrons. The van der Waals surface area contributed by atoms with Crippen LogP contribution in [0.15, 0.2) is 29.3 Å². The second-order valence-corrected chi connectivity index (χ2v) is 5.03. The van der Waals surface area contributed by atoms with Gasteiger partial charge in [0.15, 0.2) is 5.96 Å². The Labute approximate surface area is 133 Å². The molecule has 0 heterocycles. The minimum atomic E-state index is -4.34. The first kappa shape index (κ1) is 18.8. The van der Waals surface area contributed by atoms with Crippen molar-refractivity contribution in [3.05, 3.63) is 35.4 Å². The van der Waals surface area contributed by atoms with Gasteiger partial charge in [-0.2, -0.15) is 13.2 Å². The molecule has 0 saturated heterocycles. The first-order chi connectivity index (χ1) is 10.7. The average Bonchev–Trinajstić information content (AvgIpc) is 2.49. The van der Waals surface area contributed by atoms with E-state index in [1.807, 2.05) is 6.92 Å². The van der Waals surface area contributed by atoms with Crippen LogP contribution in [0.25, 0.3) is 0 Å². The molecule has 0 bridgehead atoms. The van der Waals surface area contributed by atoms with Crippen molar-refractivity contribution < 1.29 is 18.0 Å². The fourth-order valence-corrected chi connectivity index (χ4v) is 1.63. The van der Waals surface area contributed by atoms with E-state index < -0.39 is 11.7 Å². The number of alkyl halides is 3. The van der Waals surface area contributed by atoms with Gasteiger partial charge in [0, 0.05) is 20.6 Å². The lowest BCUT2D eigenvalue weighted by Crippen LogP contribution is -2.42. The molecule has 0 aliphatic carbocycles. The molecule has 5 nitrogen and oxygen atoms in total. The van der Waals surface area contributed by atoms with Crippen molar-refractivity contribution in [1.82, 2.24) is 15.5 Å². The maximum Gasteiger partial charge on any atom is 0.416 e. The molecule has 0 fully saturated rings. The number of guanidine groups is 1. The van der Waals surface area contributed by atoms with E-state index in [0.29, 0.717) is 18.1 Å². The molecule has 1 rings (SSSR count). The van der Waals surface area contributed by atoms with Gasteiger partial charge in [0.05, 0.1) is 18.7 Å². The lowest BCUT2D eigenvalue weighted by molar-refractivity contribution is -0.137. The Morgan fingerprint density at radius 3 is 2.26 bits per heavy atom. The zero-order valence-electron chi connectivity index (χ0n) is 13.4. The zero-order chi connectivity index (χ0) is 17.5. The number of aliphatic imine (C=N–C) groups is 1. The van der Waals surface area contributed by atoms with Gasteiger partial charge in [-0.1, -0.05) is 12.1 Å². The van der Waals surface area contributed by atoms with Crippen LogP contribution in [0.4, 0.5) is 13.2 Å². The Morgan fingerprint density at radius 1 is 1.17 bits per heavy atom. The van der Waals surface area contributed by atoms with E-state index in [2.05, 4.69) is 15.6 Å². The Balaban J connectivity index is 2.68. The van der Waals surface area contributed by atoms with Crippen molar-refractivity contribution in [3.8, 4) is 0 Å². The summed E-state index contributed by atoms with van der Waals surface area (Å²) in [4.78, 5) is 17.2. The second kappa shape index (κ2) is 8.40. The maximum atomic E-state index is 12.5. The van der Waals surface area contributed by atoms with Crippen LogP contribution in [-0.4, -0.2) is 44.0 Å². The Bertz CT molecular complexity index is 539. The van der Waals surface area contributed by atoms with Crippen molar-refractivity contribution in [3.63, 3.8) is 0 Å². The molecule has 0 aliphatic rings. The van der Waals surface area contributed by atoms with Gasteiger partial charge in [0.1, 0.15) is 0 Å². The van der Waals surface area contributed by atoms with Crippen LogP contribution in [0.5, 0.6) is 0 Å². The van der Waals surface area contributed by atoms with Gasteiger partial charge in [0.25, 0.3) is 0 Å². The third-order valence-corrected chi connectivity index (χ3v) is 2.95. The zero-order valence-corrected chi connectivity index (χ0v) is 13.4. The number of amides is 1. The SMILES string of the molecule is CCNC(=NCc1ccc(C(F)(F)F)cc1)NCC(=O)N(C)C. The Kier molecular flexibility index (Phi) is 6.87. The molecule has 0 aromatic heterocycles. The van der Waals surface area contributed by atoms with Crippen molar-refractivity contribution >= 4 is 11.9 Å². The molecule has 0 aliphatic heterocycles. The van der Waals surface area contributed by atoms with Crippen molar-refractivity contribution in [1.29, 1.82) is 0 Å². The molecule has 1 aromatic rings. The molecule has 0 unspecified atom stereocenters.